The van der Waals surface area contributed by atoms with Crippen LogP contribution in [-0.2, 0) is 4.79 Å². The minimum Gasteiger partial charge on any atom is -0.494 e. The van der Waals surface area contributed by atoms with Crippen molar-refractivity contribution in [1.82, 2.24) is 10.2 Å². The molecule has 1 heterocycles. The third-order valence-electron chi connectivity index (χ3n) is 4.19. The Balaban J connectivity index is 1.90. The Labute approximate surface area is 137 Å². The summed E-state index contributed by atoms with van der Waals surface area (Å²) in [5, 5.41) is 2.99. The standard InChI is InChI=1S/C17H25N3O3/c1-3-23-15-6-4-5-14(11-15)12(2)19-17(22)20-9-7-13(8-10-20)16(18)21/h4-6,11-13H,3,7-10H2,1-2H3,(H2,18,21)(H,19,22)/t12-/m1/s1. The van der Waals surface area contributed by atoms with Crippen LogP contribution in [0, 0.1) is 5.92 Å². The van der Waals surface area contributed by atoms with Gasteiger partial charge in [-0.15, -0.1) is 0 Å². The fourth-order valence-corrected chi connectivity index (χ4v) is 2.77. The van der Waals surface area contributed by atoms with Crippen LogP contribution < -0.4 is 15.8 Å². The quantitative estimate of drug-likeness (QED) is 0.871. The molecule has 23 heavy (non-hydrogen) atoms. The lowest BCUT2D eigenvalue weighted by atomic mass is 9.96. The van der Waals surface area contributed by atoms with E-state index >= 15 is 0 Å². The Morgan fingerprint density at radius 2 is 2.09 bits per heavy atom. The molecule has 0 aromatic heterocycles. The van der Waals surface area contributed by atoms with Gasteiger partial charge in [-0.3, -0.25) is 4.79 Å². The van der Waals surface area contributed by atoms with Crippen molar-refractivity contribution in [1.29, 1.82) is 0 Å². The molecule has 6 nitrogen and oxygen atoms in total. The van der Waals surface area contributed by atoms with Crippen molar-refractivity contribution < 1.29 is 14.3 Å². The van der Waals surface area contributed by atoms with Gasteiger partial charge in [-0.05, 0) is 44.4 Å². The summed E-state index contributed by atoms with van der Waals surface area (Å²) in [7, 11) is 0. The van der Waals surface area contributed by atoms with E-state index in [0.717, 1.165) is 11.3 Å². The van der Waals surface area contributed by atoms with Crippen LogP contribution in [0.3, 0.4) is 0 Å². The van der Waals surface area contributed by atoms with Crippen molar-refractivity contribution in [2.24, 2.45) is 11.7 Å². The molecule has 1 saturated heterocycles. The molecule has 0 saturated carbocycles. The Hall–Kier alpha value is -2.24. The van der Waals surface area contributed by atoms with Crippen molar-refractivity contribution in [2.45, 2.75) is 32.7 Å². The number of nitrogens with two attached hydrogens (primary N) is 1. The molecule has 1 aliphatic rings. The number of rotatable bonds is 5. The number of primary amides is 1. The van der Waals surface area contributed by atoms with Gasteiger partial charge in [0, 0.05) is 19.0 Å². The molecule has 1 aromatic rings. The number of benzene rings is 1. The van der Waals surface area contributed by atoms with Crippen LogP contribution in [0.2, 0.25) is 0 Å². The number of amides is 3. The predicted molar refractivity (Wildman–Crippen MR) is 88.0 cm³/mol. The van der Waals surface area contributed by atoms with E-state index in [-0.39, 0.29) is 23.9 Å². The van der Waals surface area contributed by atoms with Gasteiger partial charge >= 0.3 is 6.03 Å². The number of carbonyl (C=O) groups is 2. The topological polar surface area (TPSA) is 84.7 Å². The fraction of sp³-hybridized carbons (Fsp3) is 0.529. The third-order valence-corrected chi connectivity index (χ3v) is 4.19. The average molecular weight is 319 g/mol. The minimum absolute atomic E-state index is 0.109. The van der Waals surface area contributed by atoms with E-state index in [1.54, 1.807) is 4.90 Å². The molecule has 1 aliphatic heterocycles. The van der Waals surface area contributed by atoms with Gasteiger partial charge in [0.2, 0.25) is 5.91 Å². The predicted octanol–water partition coefficient (Wildman–Crippen LogP) is 2.05. The number of nitrogens with zero attached hydrogens (tertiary/aromatic N) is 1. The third kappa shape index (κ3) is 4.61. The zero-order chi connectivity index (χ0) is 16.8. The van der Waals surface area contributed by atoms with Crippen LogP contribution in [0.1, 0.15) is 38.3 Å². The molecule has 2 rings (SSSR count). The zero-order valence-corrected chi connectivity index (χ0v) is 13.7. The van der Waals surface area contributed by atoms with Gasteiger partial charge in [-0.2, -0.15) is 0 Å². The first-order valence-corrected chi connectivity index (χ1v) is 8.08. The highest BCUT2D eigenvalue weighted by Gasteiger charge is 2.26. The second-order valence-electron chi connectivity index (χ2n) is 5.84. The monoisotopic (exact) mass is 319 g/mol. The first kappa shape index (κ1) is 17.1. The molecular weight excluding hydrogens is 294 g/mol. The molecule has 0 aliphatic carbocycles. The van der Waals surface area contributed by atoms with E-state index in [1.807, 2.05) is 38.1 Å². The summed E-state index contributed by atoms with van der Waals surface area (Å²) in [6, 6.07) is 7.50. The Kier molecular flexibility index (Phi) is 5.84. The molecule has 0 radical (unpaired) electrons. The maximum absolute atomic E-state index is 12.3. The van der Waals surface area contributed by atoms with Gasteiger partial charge < -0.3 is 20.7 Å². The van der Waals surface area contributed by atoms with E-state index in [4.69, 9.17) is 10.5 Å². The molecule has 0 bridgehead atoms. The van der Waals surface area contributed by atoms with Gasteiger partial charge in [-0.1, -0.05) is 12.1 Å². The highest BCUT2D eigenvalue weighted by molar-refractivity contribution is 5.78. The summed E-state index contributed by atoms with van der Waals surface area (Å²) in [4.78, 5) is 25.2. The summed E-state index contributed by atoms with van der Waals surface area (Å²) >= 11 is 0. The molecular formula is C17H25N3O3. The summed E-state index contributed by atoms with van der Waals surface area (Å²) in [6.07, 6.45) is 1.27. The lowest BCUT2D eigenvalue weighted by molar-refractivity contribution is -0.123. The van der Waals surface area contributed by atoms with E-state index < -0.39 is 0 Å². The molecule has 126 valence electrons. The van der Waals surface area contributed by atoms with Crippen molar-refractivity contribution in [3.05, 3.63) is 29.8 Å². The van der Waals surface area contributed by atoms with Crippen LogP contribution >= 0.6 is 0 Å². The average Bonchev–Trinajstić information content (AvgIpc) is 2.55. The Morgan fingerprint density at radius 1 is 1.39 bits per heavy atom. The highest BCUT2D eigenvalue weighted by atomic mass is 16.5. The van der Waals surface area contributed by atoms with E-state index in [0.29, 0.717) is 32.5 Å². The molecule has 3 N–H and O–H groups in total. The van der Waals surface area contributed by atoms with Gasteiger partial charge in [0.1, 0.15) is 5.75 Å². The van der Waals surface area contributed by atoms with Crippen LogP contribution in [0.5, 0.6) is 5.75 Å². The molecule has 1 fully saturated rings. The van der Waals surface area contributed by atoms with Gasteiger partial charge in [0.15, 0.2) is 0 Å². The number of hydrogen-bond donors (Lipinski definition) is 2. The van der Waals surface area contributed by atoms with Gasteiger partial charge in [-0.25, -0.2) is 4.79 Å². The number of hydrogen-bond acceptors (Lipinski definition) is 3. The molecule has 6 heteroatoms. The van der Waals surface area contributed by atoms with Crippen LogP contribution in [0.15, 0.2) is 24.3 Å². The first-order chi connectivity index (χ1) is 11.0. The summed E-state index contributed by atoms with van der Waals surface area (Å²) in [5.74, 6) is 0.416. The Bertz CT molecular complexity index is 554. The number of urea groups is 1. The molecule has 3 amide bonds. The lowest BCUT2D eigenvalue weighted by Crippen LogP contribution is -2.46. The van der Waals surface area contributed by atoms with Crippen molar-refractivity contribution in [2.75, 3.05) is 19.7 Å². The second-order valence-corrected chi connectivity index (χ2v) is 5.84. The number of ether oxygens (including phenoxy) is 1. The molecule has 1 aromatic carbocycles. The summed E-state index contributed by atoms with van der Waals surface area (Å²) in [5.41, 5.74) is 6.31. The lowest BCUT2D eigenvalue weighted by Gasteiger charge is -2.31. The highest BCUT2D eigenvalue weighted by Crippen LogP contribution is 2.21. The maximum Gasteiger partial charge on any atom is 0.317 e. The van der Waals surface area contributed by atoms with Crippen LogP contribution in [0.4, 0.5) is 4.79 Å². The normalized spacial score (nSPS) is 16.7. The SMILES string of the molecule is CCOc1cccc([C@@H](C)NC(=O)N2CCC(C(N)=O)CC2)c1. The van der Waals surface area contributed by atoms with E-state index in [9.17, 15) is 9.59 Å². The fourth-order valence-electron chi connectivity index (χ4n) is 2.77. The molecule has 1 atom stereocenters. The molecule has 0 unspecified atom stereocenters. The number of likely N-dealkylation sites (tertiary alicyclic amines) is 1. The second kappa shape index (κ2) is 7.85. The summed E-state index contributed by atoms with van der Waals surface area (Å²) in [6.45, 7) is 5.61. The first-order valence-electron chi connectivity index (χ1n) is 8.08. The largest absolute Gasteiger partial charge is 0.494 e. The van der Waals surface area contributed by atoms with Crippen LogP contribution in [-0.4, -0.2) is 36.5 Å². The zero-order valence-electron chi connectivity index (χ0n) is 13.7. The van der Waals surface area contributed by atoms with E-state index in [1.165, 1.54) is 0 Å². The van der Waals surface area contributed by atoms with Crippen molar-refractivity contribution in [3.63, 3.8) is 0 Å². The number of nitrogens with one attached hydrogen (secondary N) is 1. The van der Waals surface area contributed by atoms with E-state index in [2.05, 4.69) is 5.32 Å². The minimum atomic E-state index is -0.272. The van der Waals surface area contributed by atoms with Crippen molar-refractivity contribution in [3.8, 4) is 5.75 Å². The Morgan fingerprint density at radius 3 is 2.70 bits per heavy atom. The van der Waals surface area contributed by atoms with Crippen LogP contribution in [0.25, 0.3) is 0 Å². The summed E-state index contributed by atoms with van der Waals surface area (Å²) < 4.78 is 5.49. The van der Waals surface area contributed by atoms with Gasteiger partial charge in [0.25, 0.3) is 0 Å². The smallest absolute Gasteiger partial charge is 0.317 e. The number of carbonyl (C=O) groups excluding carboxylic acids is 2. The maximum atomic E-state index is 12.3. The van der Waals surface area contributed by atoms with Crippen molar-refractivity contribution >= 4 is 11.9 Å². The van der Waals surface area contributed by atoms with Gasteiger partial charge in [0.05, 0.1) is 12.6 Å². The number of piperidine rings is 1. The molecule has 0 spiro atoms.